The number of allylic oxidation sites excluding steroid dienone is 1. The SMILES string of the molecule is C=CCc1c#cccc1CCCn1c2ccccc2c2c3c4ccccc4n(-c4ccc(-c5ccccc5)cc4)c3ccc21. The third kappa shape index (κ3) is 4.29. The second-order valence-corrected chi connectivity index (χ2v) is 11.5. The molecule has 2 heterocycles. The highest BCUT2D eigenvalue weighted by molar-refractivity contribution is 6.28. The van der Waals surface area contributed by atoms with Crippen LogP contribution >= 0.6 is 0 Å². The van der Waals surface area contributed by atoms with E-state index in [1.54, 1.807) is 0 Å². The maximum Gasteiger partial charge on any atom is 0.0548 e. The molecule has 0 unspecified atom stereocenters. The van der Waals surface area contributed by atoms with Gasteiger partial charge in [0.25, 0.3) is 0 Å². The van der Waals surface area contributed by atoms with Gasteiger partial charge in [0.05, 0.1) is 11.0 Å². The maximum atomic E-state index is 3.93. The first kappa shape index (κ1) is 26.1. The van der Waals surface area contributed by atoms with E-state index in [2.05, 4.69) is 149 Å². The lowest BCUT2D eigenvalue weighted by molar-refractivity contribution is 0.676. The summed E-state index contributed by atoms with van der Waals surface area (Å²) in [5.41, 5.74) is 11.2. The Hall–Kier alpha value is -5.52. The molecule has 0 aliphatic rings. The summed E-state index contributed by atoms with van der Waals surface area (Å²) in [5, 5.41) is 5.25. The molecule has 210 valence electrons. The number of aromatic nitrogens is 2. The highest BCUT2D eigenvalue weighted by atomic mass is 15.0. The monoisotopic (exact) mass is 564 g/mol. The van der Waals surface area contributed by atoms with Gasteiger partial charge in [-0.15, -0.1) is 6.58 Å². The summed E-state index contributed by atoms with van der Waals surface area (Å²) in [4.78, 5) is 0. The number of aryl methyl sites for hydroxylation is 2. The van der Waals surface area contributed by atoms with Crippen LogP contribution in [0.2, 0.25) is 0 Å². The van der Waals surface area contributed by atoms with Gasteiger partial charge in [-0.1, -0.05) is 97.1 Å². The molecule has 6 aromatic carbocycles. The number of hydrogen-bond donors (Lipinski definition) is 0. The first-order chi connectivity index (χ1) is 21.8. The van der Waals surface area contributed by atoms with Gasteiger partial charge in [-0.3, -0.25) is 0 Å². The molecule has 0 amide bonds. The number of benzene rings is 5. The summed E-state index contributed by atoms with van der Waals surface area (Å²) in [5.74, 6) is 0. The molecule has 8 aromatic rings. The highest BCUT2D eigenvalue weighted by Gasteiger charge is 2.19. The molecule has 0 radical (unpaired) electrons. The summed E-state index contributed by atoms with van der Waals surface area (Å²) in [6, 6.07) is 52.5. The van der Waals surface area contributed by atoms with Crippen molar-refractivity contribution >= 4 is 43.6 Å². The minimum atomic E-state index is 0.832. The molecule has 0 aliphatic carbocycles. The lowest BCUT2D eigenvalue weighted by Gasteiger charge is -2.11. The Morgan fingerprint density at radius 2 is 1.27 bits per heavy atom. The van der Waals surface area contributed by atoms with Gasteiger partial charge in [0.1, 0.15) is 0 Å². The standard InChI is InChI=1S/C42H32N2/c1-2-13-30-16-6-7-17-32(30)18-12-29-43-37-21-10-8-19-35(37)41-39(43)27-28-40-42(41)36-20-9-11-22-38(36)44(40)34-25-23-33(24-26-34)31-14-4-3-5-15-31/h2-5,7-11,14-15,17,19-28H,1,12-13,18,29H2. The summed E-state index contributed by atoms with van der Waals surface area (Å²) >= 11 is 0. The Labute approximate surface area is 258 Å². The third-order valence-corrected chi connectivity index (χ3v) is 8.96. The summed E-state index contributed by atoms with van der Waals surface area (Å²) < 4.78 is 4.95. The maximum absolute atomic E-state index is 3.93. The highest BCUT2D eigenvalue weighted by Crippen LogP contribution is 2.41. The molecule has 0 spiro atoms. The number of nitrogens with zero attached hydrogens (tertiary/aromatic N) is 2. The Morgan fingerprint density at radius 3 is 2.07 bits per heavy atom. The van der Waals surface area contributed by atoms with Crippen molar-refractivity contribution in [3.63, 3.8) is 0 Å². The predicted molar refractivity (Wildman–Crippen MR) is 186 cm³/mol. The Kier molecular flexibility index (Phi) is 6.51. The van der Waals surface area contributed by atoms with Crippen LogP contribution in [0.15, 0.2) is 140 Å². The lowest BCUT2D eigenvalue weighted by atomic mass is 10.0. The Balaban J connectivity index is 1.27. The Bertz CT molecular complexity index is 2280. The lowest BCUT2D eigenvalue weighted by Crippen LogP contribution is -2.01. The van der Waals surface area contributed by atoms with Crippen molar-refractivity contribution in [2.45, 2.75) is 25.8 Å². The molecule has 0 aliphatic heterocycles. The van der Waals surface area contributed by atoms with Gasteiger partial charge >= 0.3 is 0 Å². The van der Waals surface area contributed by atoms with Crippen LogP contribution in [0.4, 0.5) is 0 Å². The number of para-hydroxylation sites is 2. The fraction of sp³-hybridized carbons (Fsp3) is 0.0952. The summed E-state index contributed by atoms with van der Waals surface area (Å²) in [6.07, 6.45) is 4.83. The van der Waals surface area contributed by atoms with Crippen molar-refractivity contribution in [1.29, 1.82) is 0 Å². The zero-order valence-electron chi connectivity index (χ0n) is 24.6. The van der Waals surface area contributed by atoms with Crippen LogP contribution in [-0.4, -0.2) is 9.13 Å². The molecule has 44 heavy (non-hydrogen) atoms. The van der Waals surface area contributed by atoms with Crippen LogP contribution in [0, 0.1) is 12.1 Å². The normalized spacial score (nSPS) is 11.5. The van der Waals surface area contributed by atoms with Crippen molar-refractivity contribution in [1.82, 2.24) is 9.13 Å². The van der Waals surface area contributed by atoms with Gasteiger partial charge in [0.2, 0.25) is 0 Å². The van der Waals surface area contributed by atoms with E-state index in [9.17, 15) is 0 Å². The van der Waals surface area contributed by atoms with Crippen molar-refractivity contribution in [2.75, 3.05) is 0 Å². The van der Waals surface area contributed by atoms with Gasteiger partial charge in [-0.2, -0.15) is 0 Å². The molecule has 0 saturated heterocycles. The van der Waals surface area contributed by atoms with Crippen molar-refractivity contribution in [3.8, 4) is 16.8 Å². The van der Waals surface area contributed by atoms with Crippen LogP contribution in [0.3, 0.4) is 0 Å². The van der Waals surface area contributed by atoms with Crippen LogP contribution in [0.1, 0.15) is 17.5 Å². The van der Waals surface area contributed by atoms with E-state index < -0.39 is 0 Å². The van der Waals surface area contributed by atoms with Gasteiger partial charge < -0.3 is 9.13 Å². The van der Waals surface area contributed by atoms with E-state index in [0.717, 1.165) is 25.8 Å². The fourth-order valence-electron chi connectivity index (χ4n) is 6.99. The molecule has 0 atom stereocenters. The van der Waals surface area contributed by atoms with E-state index >= 15 is 0 Å². The first-order valence-corrected chi connectivity index (χ1v) is 15.4. The van der Waals surface area contributed by atoms with Crippen LogP contribution in [0.25, 0.3) is 60.4 Å². The zero-order chi connectivity index (χ0) is 29.5. The van der Waals surface area contributed by atoms with Crippen LogP contribution in [-0.2, 0) is 19.4 Å². The van der Waals surface area contributed by atoms with Crippen molar-refractivity contribution < 1.29 is 0 Å². The average molecular weight is 565 g/mol. The largest absolute Gasteiger partial charge is 0.340 e. The molecular weight excluding hydrogens is 532 g/mol. The predicted octanol–water partition coefficient (Wildman–Crippen LogP) is 10.5. The second kappa shape index (κ2) is 11.0. The minimum Gasteiger partial charge on any atom is -0.340 e. The molecule has 0 bridgehead atoms. The molecule has 2 heteroatoms. The third-order valence-electron chi connectivity index (χ3n) is 8.96. The fourth-order valence-corrected chi connectivity index (χ4v) is 6.99. The summed E-state index contributed by atoms with van der Waals surface area (Å²) in [7, 11) is 0. The molecule has 2 nitrogen and oxygen atoms in total. The van der Waals surface area contributed by atoms with Crippen LogP contribution < -0.4 is 0 Å². The van der Waals surface area contributed by atoms with Crippen molar-refractivity contribution in [2.24, 2.45) is 0 Å². The van der Waals surface area contributed by atoms with Gasteiger partial charge in [0, 0.05) is 50.4 Å². The van der Waals surface area contributed by atoms with Gasteiger partial charge in [0.15, 0.2) is 0 Å². The number of hydrogen-bond acceptors (Lipinski definition) is 0. The zero-order valence-corrected chi connectivity index (χ0v) is 24.6. The van der Waals surface area contributed by atoms with Crippen LogP contribution in [0.5, 0.6) is 0 Å². The molecule has 0 saturated carbocycles. The van der Waals surface area contributed by atoms with E-state index in [1.807, 2.05) is 12.1 Å². The molecule has 2 aromatic heterocycles. The van der Waals surface area contributed by atoms with E-state index in [4.69, 9.17) is 0 Å². The second-order valence-electron chi connectivity index (χ2n) is 11.5. The Morgan fingerprint density at radius 1 is 0.614 bits per heavy atom. The number of rotatable bonds is 8. The molecule has 0 fully saturated rings. The minimum absolute atomic E-state index is 0.832. The topological polar surface area (TPSA) is 9.86 Å². The average Bonchev–Trinajstić information content (AvgIpc) is 3.59. The first-order valence-electron chi connectivity index (χ1n) is 15.4. The van der Waals surface area contributed by atoms with E-state index in [-0.39, 0.29) is 0 Å². The molecule has 8 rings (SSSR count). The van der Waals surface area contributed by atoms with E-state index in [1.165, 1.54) is 71.6 Å². The van der Waals surface area contributed by atoms with Crippen molar-refractivity contribution in [3.05, 3.63) is 163 Å². The molecular formula is C42H32N2. The number of fused-ring (bicyclic) bond motifs is 7. The quantitative estimate of drug-likeness (QED) is 0.163. The van der Waals surface area contributed by atoms with E-state index in [0.29, 0.717) is 0 Å². The summed E-state index contributed by atoms with van der Waals surface area (Å²) in [6.45, 7) is 4.88. The van der Waals surface area contributed by atoms with Gasteiger partial charge in [-0.25, -0.2) is 0 Å². The molecule has 0 N–H and O–H groups in total. The van der Waals surface area contributed by atoms with Gasteiger partial charge in [-0.05, 0) is 84.5 Å². The smallest absolute Gasteiger partial charge is 0.0548 e.